The summed E-state index contributed by atoms with van der Waals surface area (Å²) in [4.78, 5) is 9.39. The van der Waals surface area contributed by atoms with Gasteiger partial charge in [0.25, 0.3) is 0 Å². The molecule has 5 rings (SSSR count). The maximum Gasteiger partial charge on any atom is 0.183 e. The van der Waals surface area contributed by atoms with Gasteiger partial charge in [-0.1, -0.05) is 58.4 Å². The van der Waals surface area contributed by atoms with Gasteiger partial charge in [-0.25, -0.2) is 4.98 Å². The van der Waals surface area contributed by atoms with E-state index in [1.807, 2.05) is 18.3 Å². The van der Waals surface area contributed by atoms with E-state index in [1.54, 1.807) is 23.1 Å². The first kappa shape index (κ1) is 21.7. The summed E-state index contributed by atoms with van der Waals surface area (Å²) >= 11 is 15.5. The average molecular weight is 506 g/mol. The van der Waals surface area contributed by atoms with Crippen molar-refractivity contribution in [2.45, 2.75) is 18.9 Å². The van der Waals surface area contributed by atoms with E-state index in [0.29, 0.717) is 16.1 Å². The summed E-state index contributed by atoms with van der Waals surface area (Å²) in [5.74, 6) is 1.01. The van der Waals surface area contributed by atoms with Crippen molar-refractivity contribution < 1.29 is 0 Å². The van der Waals surface area contributed by atoms with Crippen LogP contribution in [0.3, 0.4) is 0 Å². The summed E-state index contributed by atoms with van der Waals surface area (Å²) in [6.45, 7) is 1.62. The number of amidine groups is 1. The van der Waals surface area contributed by atoms with E-state index in [2.05, 4.69) is 50.5 Å². The quantitative estimate of drug-likeness (QED) is 0.339. The predicted octanol–water partition coefficient (Wildman–Crippen LogP) is 5.52. The van der Waals surface area contributed by atoms with E-state index >= 15 is 0 Å². The molecule has 10 heteroatoms. The zero-order chi connectivity index (χ0) is 21.9. The summed E-state index contributed by atoms with van der Waals surface area (Å²) < 4.78 is 1.03. The van der Waals surface area contributed by atoms with Crippen molar-refractivity contribution in [3.8, 4) is 0 Å². The molecule has 0 aliphatic carbocycles. The van der Waals surface area contributed by atoms with Crippen molar-refractivity contribution in [2.75, 3.05) is 29.6 Å². The molecule has 2 aliphatic heterocycles. The number of rotatable bonds is 7. The highest BCUT2D eigenvalue weighted by molar-refractivity contribution is 8.14. The highest BCUT2D eigenvalue weighted by Gasteiger charge is 2.20. The van der Waals surface area contributed by atoms with Crippen LogP contribution in [-0.2, 0) is 6.42 Å². The van der Waals surface area contributed by atoms with Gasteiger partial charge in [-0.05, 0) is 36.2 Å². The number of benzene rings is 2. The van der Waals surface area contributed by atoms with Gasteiger partial charge in [-0.15, -0.1) is 0 Å². The zero-order valence-corrected chi connectivity index (χ0v) is 20.3. The third kappa shape index (κ3) is 5.26. The van der Waals surface area contributed by atoms with E-state index in [9.17, 15) is 0 Å². The lowest BCUT2D eigenvalue weighted by Crippen LogP contribution is -2.17. The molecule has 0 bridgehead atoms. The summed E-state index contributed by atoms with van der Waals surface area (Å²) in [5.41, 5.74) is 4.43. The third-order valence-corrected chi connectivity index (χ3v) is 7.92. The Labute approximate surface area is 204 Å². The standard InChI is InChI=1S/C22H22Cl2N6S2/c23-17-8-19-20(9-18(17)24)32-21(30-19)26-6-5-13-1-3-14(4-2-13)28-22-29-16(11-31-22)7-15-10-25-12-27-15/h1-4,8-10,16,25,27H,5-7,11-12H2,(H,26,30)(H,28,29)/t16-/m0/s1. The second-order valence-corrected chi connectivity index (χ2v) is 10.4. The molecule has 3 heterocycles. The van der Waals surface area contributed by atoms with Crippen LogP contribution in [0.4, 0.5) is 10.8 Å². The van der Waals surface area contributed by atoms with E-state index < -0.39 is 0 Å². The largest absolute Gasteiger partial charge is 0.372 e. The van der Waals surface area contributed by atoms with Crippen LogP contribution in [0.2, 0.25) is 10.0 Å². The second kappa shape index (κ2) is 9.79. The van der Waals surface area contributed by atoms with Gasteiger partial charge in [0.1, 0.15) is 0 Å². The molecule has 4 N–H and O–H groups in total. The fourth-order valence-corrected chi connectivity index (χ4v) is 5.81. The van der Waals surface area contributed by atoms with Gasteiger partial charge in [0.15, 0.2) is 10.3 Å². The highest BCUT2D eigenvalue weighted by Crippen LogP contribution is 2.33. The Morgan fingerprint density at radius 3 is 2.78 bits per heavy atom. The van der Waals surface area contributed by atoms with E-state index in [-0.39, 0.29) is 0 Å². The van der Waals surface area contributed by atoms with Crippen LogP contribution in [0.15, 0.2) is 53.3 Å². The molecular weight excluding hydrogens is 483 g/mol. The summed E-state index contributed by atoms with van der Waals surface area (Å²) in [6.07, 6.45) is 3.90. The Morgan fingerprint density at radius 1 is 1.12 bits per heavy atom. The number of halogens is 2. The van der Waals surface area contributed by atoms with Crippen LogP contribution >= 0.6 is 46.3 Å². The summed E-state index contributed by atoms with van der Waals surface area (Å²) in [6, 6.07) is 12.5. The van der Waals surface area contributed by atoms with Crippen molar-refractivity contribution in [1.29, 1.82) is 0 Å². The molecule has 2 aromatic carbocycles. The second-order valence-electron chi connectivity index (χ2n) is 7.58. The number of thiazole rings is 1. The maximum atomic E-state index is 6.09. The number of thioether (sulfide) groups is 1. The molecule has 166 valence electrons. The fraction of sp³-hybridized carbons (Fsp3) is 0.273. The number of hydrogen-bond acceptors (Lipinski definition) is 8. The van der Waals surface area contributed by atoms with Crippen LogP contribution in [-0.4, -0.2) is 35.2 Å². The Hall–Kier alpha value is -2.13. The topological polar surface area (TPSA) is 73.4 Å². The van der Waals surface area contributed by atoms with Gasteiger partial charge in [-0.2, -0.15) is 0 Å². The maximum absolute atomic E-state index is 6.09. The number of aromatic nitrogens is 1. The fourth-order valence-electron chi connectivity index (χ4n) is 3.55. The van der Waals surface area contributed by atoms with Crippen molar-refractivity contribution >= 4 is 72.5 Å². The van der Waals surface area contributed by atoms with Crippen LogP contribution in [0.1, 0.15) is 12.0 Å². The molecule has 0 saturated carbocycles. The molecule has 0 amide bonds. The van der Waals surface area contributed by atoms with E-state index in [1.165, 1.54) is 11.3 Å². The Balaban J connectivity index is 1.11. The van der Waals surface area contributed by atoms with Crippen molar-refractivity contribution in [1.82, 2.24) is 15.6 Å². The van der Waals surface area contributed by atoms with Gasteiger partial charge in [0.2, 0.25) is 0 Å². The number of hydrogen-bond donors (Lipinski definition) is 4. The molecule has 1 atom stereocenters. The van der Waals surface area contributed by atoms with Gasteiger partial charge >= 0.3 is 0 Å². The van der Waals surface area contributed by atoms with Crippen molar-refractivity contribution in [3.05, 3.63) is 63.9 Å². The van der Waals surface area contributed by atoms with Gasteiger partial charge in [-0.3, -0.25) is 4.99 Å². The first-order chi connectivity index (χ1) is 15.6. The number of fused-ring (bicyclic) bond motifs is 1. The minimum absolute atomic E-state index is 0.320. The lowest BCUT2D eigenvalue weighted by Gasteiger charge is -2.07. The minimum atomic E-state index is 0.320. The number of aliphatic imine (C=N–C) groups is 1. The molecule has 3 aromatic rings. The van der Waals surface area contributed by atoms with Gasteiger partial charge in [0, 0.05) is 36.3 Å². The van der Waals surface area contributed by atoms with E-state index in [4.69, 9.17) is 28.2 Å². The average Bonchev–Trinajstić information content (AvgIpc) is 3.52. The Morgan fingerprint density at radius 2 is 1.97 bits per heavy atom. The van der Waals surface area contributed by atoms with Crippen LogP contribution in [0.5, 0.6) is 0 Å². The van der Waals surface area contributed by atoms with Crippen LogP contribution < -0.4 is 21.3 Å². The molecule has 0 spiro atoms. The molecule has 6 nitrogen and oxygen atoms in total. The molecule has 0 saturated heterocycles. The lowest BCUT2D eigenvalue weighted by atomic mass is 10.1. The molecule has 32 heavy (non-hydrogen) atoms. The van der Waals surface area contributed by atoms with Gasteiger partial charge < -0.3 is 21.3 Å². The molecule has 1 aromatic heterocycles. The normalized spacial score (nSPS) is 17.6. The third-order valence-electron chi connectivity index (χ3n) is 5.19. The monoisotopic (exact) mass is 504 g/mol. The smallest absolute Gasteiger partial charge is 0.183 e. The SMILES string of the molecule is Clc1cc2nc(NCCc3ccc(NC4=N[C@@H](CC5=CNCN5)CS4)cc3)sc2cc1Cl. The van der Waals surface area contributed by atoms with Crippen molar-refractivity contribution in [3.63, 3.8) is 0 Å². The lowest BCUT2D eigenvalue weighted by molar-refractivity contribution is 0.702. The first-order valence-corrected chi connectivity index (χ1v) is 12.9. The molecule has 0 unspecified atom stereocenters. The molecular formula is C22H22Cl2N6S2. The zero-order valence-electron chi connectivity index (χ0n) is 17.1. The van der Waals surface area contributed by atoms with Gasteiger partial charge in [0.05, 0.1) is 33.0 Å². The highest BCUT2D eigenvalue weighted by atomic mass is 35.5. The Kier molecular flexibility index (Phi) is 6.64. The number of nitrogens with zero attached hydrogens (tertiary/aromatic N) is 2. The van der Waals surface area contributed by atoms with Crippen molar-refractivity contribution in [2.24, 2.45) is 4.99 Å². The minimum Gasteiger partial charge on any atom is -0.372 e. The number of anilines is 2. The van der Waals surface area contributed by atoms with E-state index in [0.717, 1.165) is 58.0 Å². The first-order valence-electron chi connectivity index (χ1n) is 10.3. The molecule has 0 radical (unpaired) electrons. The summed E-state index contributed by atoms with van der Waals surface area (Å²) in [7, 11) is 0. The predicted molar refractivity (Wildman–Crippen MR) is 139 cm³/mol. The Bertz CT molecular complexity index is 1140. The molecule has 2 aliphatic rings. The van der Waals surface area contributed by atoms with Crippen LogP contribution in [0.25, 0.3) is 10.2 Å². The number of nitrogens with one attached hydrogen (secondary N) is 4. The van der Waals surface area contributed by atoms with Crippen LogP contribution in [0, 0.1) is 0 Å². The molecule has 0 fully saturated rings. The summed E-state index contributed by atoms with van der Waals surface area (Å²) in [5, 5.41) is 16.3.